The fraction of sp³-hybridized carbons (Fsp3) is 0.667. The van der Waals surface area contributed by atoms with E-state index >= 15 is 0 Å². The van der Waals surface area contributed by atoms with Crippen LogP contribution in [0, 0.1) is 0 Å². The molecule has 0 bridgehead atoms. The van der Waals surface area contributed by atoms with E-state index in [-0.39, 0.29) is 5.57 Å². The molecule has 0 aromatic carbocycles. The Labute approximate surface area is 174 Å². The minimum Gasteiger partial charge on any atom is -0.463 e. The molecule has 1 saturated heterocycles. The summed E-state index contributed by atoms with van der Waals surface area (Å²) in [6.45, 7) is 8.78. The van der Waals surface area contributed by atoms with Crippen LogP contribution in [0.1, 0.15) is 34.6 Å². The molecule has 1 aliphatic rings. The maximum Gasteiger partial charge on any atom is 0.303 e. The van der Waals surface area contributed by atoms with Crippen LogP contribution in [0.4, 0.5) is 0 Å². The molecule has 5 atom stereocenters. The van der Waals surface area contributed by atoms with Crippen LogP contribution in [0.2, 0.25) is 0 Å². The first-order valence-corrected chi connectivity index (χ1v) is 10.6. The lowest BCUT2D eigenvalue weighted by Crippen LogP contribution is -2.64. The van der Waals surface area contributed by atoms with Gasteiger partial charge in [-0.15, -0.1) is 0 Å². The van der Waals surface area contributed by atoms with Crippen LogP contribution in [-0.4, -0.2) is 74.5 Å². The van der Waals surface area contributed by atoms with Gasteiger partial charge >= 0.3 is 23.9 Å². The smallest absolute Gasteiger partial charge is 0.303 e. The quantitative estimate of drug-likeness (QED) is 0.281. The molecule has 1 rings (SSSR count). The number of carbonyl (C=O) groups is 4. The second-order valence-corrected chi connectivity index (χ2v) is 8.91. The Bertz CT molecular complexity index is 801. The summed E-state index contributed by atoms with van der Waals surface area (Å²) in [6.07, 6.45) is -5.91. The van der Waals surface area contributed by atoms with Crippen LogP contribution in [0.25, 0.3) is 0 Å². The molecule has 5 unspecified atom stereocenters. The molecule has 1 heterocycles. The van der Waals surface area contributed by atoms with Crippen molar-refractivity contribution >= 4 is 33.7 Å². The van der Waals surface area contributed by atoms with Crippen molar-refractivity contribution in [1.29, 1.82) is 0 Å². The molecule has 12 heteroatoms. The van der Waals surface area contributed by atoms with Gasteiger partial charge in [-0.2, -0.15) is 0 Å². The number of rotatable bonds is 8. The third-order valence-electron chi connectivity index (χ3n) is 3.75. The fourth-order valence-corrected chi connectivity index (χ4v) is 4.69. The van der Waals surface area contributed by atoms with E-state index in [2.05, 4.69) is 6.58 Å². The molecule has 1 aliphatic heterocycles. The highest BCUT2D eigenvalue weighted by Crippen LogP contribution is 2.32. The van der Waals surface area contributed by atoms with E-state index in [4.69, 9.17) is 23.7 Å². The summed E-state index contributed by atoms with van der Waals surface area (Å²) >= 11 is 0. The molecule has 30 heavy (non-hydrogen) atoms. The summed E-state index contributed by atoms with van der Waals surface area (Å²) in [4.78, 5) is 46.2. The van der Waals surface area contributed by atoms with E-state index in [1.165, 1.54) is 6.92 Å². The summed E-state index contributed by atoms with van der Waals surface area (Å²) in [6, 6.07) is 0. The molecule has 170 valence electrons. The monoisotopic (exact) mass is 450 g/mol. The molecular formula is C18H26O11S. The van der Waals surface area contributed by atoms with Gasteiger partial charge in [0.05, 0.1) is 5.75 Å². The Kier molecular flexibility index (Phi) is 8.97. The highest BCUT2D eigenvalue weighted by atomic mass is 32.2. The molecule has 0 aromatic rings. The molecule has 0 amide bonds. The lowest BCUT2D eigenvalue weighted by molar-refractivity contribution is -0.238. The van der Waals surface area contributed by atoms with Crippen LogP contribution in [0.3, 0.4) is 0 Å². The maximum absolute atomic E-state index is 12.9. The van der Waals surface area contributed by atoms with Crippen molar-refractivity contribution in [2.75, 3.05) is 12.4 Å². The van der Waals surface area contributed by atoms with Gasteiger partial charge in [-0.25, -0.2) is 8.42 Å². The van der Waals surface area contributed by atoms with E-state index in [1.54, 1.807) is 0 Å². The number of carbonyl (C=O) groups excluding carboxylic acids is 4. The number of hydrogen-bond donors (Lipinski definition) is 0. The molecule has 0 aromatic heterocycles. The molecule has 0 spiro atoms. The first-order valence-electron chi connectivity index (χ1n) is 8.91. The lowest BCUT2D eigenvalue weighted by Gasteiger charge is -2.44. The lowest BCUT2D eigenvalue weighted by atomic mass is 9.99. The van der Waals surface area contributed by atoms with Crippen LogP contribution in [0.15, 0.2) is 12.2 Å². The van der Waals surface area contributed by atoms with E-state index in [0.29, 0.717) is 0 Å². The zero-order valence-electron chi connectivity index (χ0n) is 17.4. The molecule has 0 radical (unpaired) electrons. The van der Waals surface area contributed by atoms with Crippen molar-refractivity contribution in [1.82, 2.24) is 0 Å². The third kappa shape index (κ3) is 7.41. The number of esters is 4. The number of hydrogen-bond acceptors (Lipinski definition) is 11. The molecule has 0 aliphatic carbocycles. The summed E-state index contributed by atoms with van der Waals surface area (Å²) in [5.41, 5.74) is -1.52. The Morgan fingerprint density at radius 1 is 0.800 bits per heavy atom. The summed E-state index contributed by atoms with van der Waals surface area (Å²) in [5, 5.41) is 0. The van der Waals surface area contributed by atoms with Gasteiger partial charge in [0.1, 0.15) is 12.7 Å². The van der Waals surface area contributed by atoms with E-state index in [0.717, 1.165) is 27.7 Å². The maximum atomic E-state index is 12.9. The van der Waals surface area contributed by atoms with Crippen molar-refractivity contribution in [2.24, 2.45) is 0 Å². The molecule has 0 N–H and O–H groups in total. The van der Waals surface area contributed by atoms with Crippen LogP contribution >= 0.6 is 0 Å². The van der Waals surface area contributed by atoms with Gasteiger partial charge in [0.2, 0.25) is 0 Å². The predicted octanol–water partition coefficient (Wildman–Crippen LogP) is 0.0604. The molecule has 0 saturated carbocycles. The predicted molar refractivity (Wildman–Crippen MR) is 101 cm³/mol. The topological polar surface area (TPSA) is 149 Å². The van der Waals surface area contributed by atoms with Crippen molar-refractivity contribution in [3.8, 4) is 0 Å². The normalized spacial score (nSPS) is 26.2. The Balaban J connectivity index is 3.52. The van der Waals surface area contributed by atoms with E-state index in [9.17, 15) is 27.6 Å². The van der Waals surface area contributed by atoms with Gasteiger partial charge in [0, 0.05) is 27.7 Å². The second-order valence-electron chi connectivity index (χ2n) is 6.83. The first-order chi connectivity index (χ1) is 13.7. The third-order valence-corrected chi connectivity index (χ3v) is 5.73. The summed E-state index contributed by atoms with van der Waals surface area (Å²) in [7, 11) is -4.14. The minimum absolute atomic E-state index is 0.280. The number of sulfone groups is 1. The van der Waals surface area contributed by atoms with Gasteiger partial charge in [-0.3, -0.25) is 19.2 Å². The van der Waals surface area contributed by atoms with Crippen LogP contribution in [0.5, 0.6) is 0 Å². The van der Waals surface area contributed by atoms with Crippen LogP contribution in [-0.2, 0) is 52.7 Å². The largest absolute Gasteiger partial charge is 0.463 e. The van der Waals surface area contributed by atoms with Gasteiger partial charge in [0.15, 0.2) is 33.6 Å². The highest BCUT2D eigenvalue weighted by Gasteiger charge is 2.56. The second kappa shape index (κ2) is 10.5. The Hall–Kier alpha value is -2.47. The molecule has 11 nitrogen and oxygen atoms in total. The summed E-state index contributed by atoms with van der Waals surface area (Å²) in [5.74, 6) is -3.75. The summed E-state index contributed by atoms with van der Waals surface area (Å²) < 4.78 is 51.8. The first kappa shape index (κ1) is 25.6. The van der Waals surface area contributed by atoms with Crippen molar-refractivity contribution in [3.05, 3.63) is 12.2 Å². The average molecular weight is 450 g/mol. The van der Waals surface area contributed by atoms with E-state index < -0.39 is 75.9 Å². The van der Waals surface area contributed by atoms with Gasteiger partial charge < -0.3 is 23.7 Å². The standard InChI is InChI=1S/C18H26O11S/c1-9(2)8-30(23,24)18-17(28-13(6)22)16(27-12(5)21)15(26-11(4)20)14(29-18)7-25-10(3)19/h14-18H,1,7-8H2,2-6H3. The van der Waals surface area contributed by atoms with Gasteiger partial charge in [0.25, 0.3) is 0 Å². The van der Waals surface area contributed by atoms with Crippen LogP contribution < -0.4 is 0 Å². The van der Waals surface area contributed by atoms with Crippen molar-refractivity contribution < 1.29 is 51.3 Å². The average Bonchev–Trinajstić information content (AvgIpc) is 2.54. The molecule has 1 fully saturated rings. The van der Waals surface area contributed by atoms with Crippen molar-refractivity contribution in [3.63, 3.8) is 0 Å². The number of ether oxygens (including phenoxy) is 5. The minimum atomic E-state index is -4.14. The Morgan fingerprint density at radius 3 is 1.70 bits per heavy atom. The fourth-order valence-electron chi connectivity index (χ4n) is 2.90. The van der Waals surface area contributed by atoms with Gasteiger partial charge in [-0.05, 0) is 6.92 Å². The molecular weight excluding hydrogens is 424 g/mol. The SMILES string of the molecule is C=C(C)CS(=O)(=O)C1OC(COC(C)=O)C(OC(C)=O)C(OC(C)=O)C1OC(C)=O. The van der Waals surface area contributed by atoms with Gasteiger partial charge in [-0.1, -0.05) is 12.2 Å². The van der Waals surface area contributed by atoms with Crippen molar-refractivity contribution in [2.45, 2.75) is 64.5 Å². The highest BCUT2D eigenvalue weighted by molar-refractivity contribution is 7.92. The van der Waals surface area contributed by atoms with E-state index in [1.807, 2.05) is 0 Å². The zero-order valence-corrected chi connectivity index (χ0v) is 18.2. The Morgan fingerprint density at radius 2 is 1.27 bits per heavy atom. The zero-order chi connectivity index (χ0) is 23.2.